The molecule has 3 nitrogen and oxygen atoms in total. The molecule has 0 radical (unpaired) electrons. The van der Waals surface area contributed by atoms with E-state index >= 15 is 0 Å². The highest BCUT2D eigenvalue weighted by Crippen LogP contribution is 2.20. The number of alkyl halides is 3. The molecule has 1 N–H and O–H groups in total. The summed E-state index contributed by atoms with van der Waals surface area (Å²) in [6.45, 7) is 2.70. The number of hydrogen-bond donors (Lipinski definition) is 1. The van der Waals surface area contributed by atoms with Crippen LogP contribution in [0.5, 0.6) is 0 Å². The summed E-state index contributed by atoms with van der Waals surface area (Å²) in [5.74, 6) is -0.154. The van der Waals surface area contributed by atoms with Gasteiger partial charge in [0.2, 0.25) is 5.91 Å². The molecule has 1 aliphatic heterocycles. The third-order valence-corrected chi connectivity index (χ3v) is 2.22. The van der Waals surface area contributed by atoms with Gasteiger partial charge in [0.1, 0.15) is 6.54 Å². The first-order valence-corrected chi connectivity index (χ1v) is 4.88. The largest absolute Gasteiger partial charge is 0.406 e. The van der Waals surface area contributed by atoms with Gasteiger partial charge in [0.25, 0.3) is 0 Å². The van der Waals surface area contributed by atoms with Crippen LogP contribution < -0.4 is 5.32 Å². The van der Waals surface area contributed by atoms with E-state index in [1.807, 2.05) is 13.8 Å². The SMILES string of the molecule is CC(C)CC1NCN(CC(F)(F)F)C1=O. The van der Waals surface area contributed by atoms with Crippen molar-refractivity contribution < 1.29 is 18.0 Å². The van der Waals surface area contributed by atoms with Gasteiger partial charge in [-0.15, -0.1) is 0 Å². The Morgan fingerprint density at radius 1 is 1.53 bits per heavy atom. The number of amides is 1. The molecule has 1 saturated heterocycles. The molecule has 0 aliphatic carbocycles. The van der Waals surface area contributed by atoms with Crippen molar-refractivity contribution in [3.63, 3.8) is 0 Å². The van der Waals surface area contributed by atoms with Crippen molar-refractivity contribution in [1.29, 1.82) is 0 Å². The Labute approximate surface area is 86.6 Å². The van der Waals surface area contributed by atoms with Crippen molar-refractivity contribution in [3.8, 4) is 0 Å². The summed E-state index contributed by atoms with van der Waals surface area (Å²) in [7, 11) is 0. The molecule has 6 heteroatoms. The third kappa shape index (κ3) is 3.70. The van der Waals surface area contributed by atoms with Gasteiger partial charge in [0.05, 0.1) is 12.7 Å². The number of carbonyl (C=O) groups is 1. The Balaban J connectivity index is 2.49. The van der Waals surface area contributed by atoms with Gasteiger partial charge >= 0.3 is 6.18 Å². The van der Waals surface area contributed by atoms with Gasteiger partial charge in [-0.05, 0) is 12.3 Å². The molecule has 0 aromatic rings. The van der Waals surface area contributed by atoms with E-state index in [4.69, 9.17) is 0 Å². The monoisotopic (exact) mass is 224 g/mol. The second-order valence-electron chi connectivity index (χ2n) is 4.20. The summed E-state index contributed by atoms with van der Waals surface area (Å²) in [5.41, 5.74) is 0. The van der Waals surface area contributed by atoms with E-state index in [1.54, 1.807) is 0 Å². The number of rotatable bonds is 3. The van der Waals surface area contributed by atoms with Crippen molar-refractivity contribution in [2.75, 3.05) is 13.2 Å². The molecule has 88 valence electrons. The number of nitrogens with one attached hydrogen (secondary N) is 1. The first kappa shape index (κ1) is 12.3. The molecule has 0 saturated carbocycles. The van der Waals surface area contributed by atoms with Crippen LogP contribution in [-0.4, -0.2) is 36.2 Å². The topological polar surface area (TPSA) is 32.3 Å². The average molecular weight is 224 g/mol. The van der Waals surface area contributed by atoms with Crippen LogP contribution in [0.1, 0.15) is 20.3 Å². The van der Waals surface area contributed by atoms with Gasteiger partial charge in [-0.25, -0.2) is 0 Å². The molecule has 1 unspecified atom stereocenters. The van der Waals surface area contributed by atoms with E-state index in [-0.39, 0.29) is 12.6 Å². The zero-order valence-electron chi connectivity index (χ0n) is 8.77. The summed E-state index contributed by atoms with van der Waals surface area (Å²) < 4.78 is 36.1. The van der Waals surface area contributed by atoms with Crippen molar-refractivity contribution in [2.24, 2.45) is 5.92 Å². The Kier molecular flexibility index (Phi) is 3.59. The quantitative estimate of drug-likeness (QED) is 0.784. The van der Waals surface area contributed by atoms with Gasteiger partial charge in [-0.2, -0.15) is 13.2 Å². The zero-order chi connectivity index (χ0) is 11.6. The van der Waals surface area contributed by atoms with Crippen molar-refractivity contribution in [2.45, 2.75) is 32.5 Å². The van der Waals surface area contributed by atoms with Crippen LogP contribution in [0.3, 0.4) is 0 Å². The minimum atomic E-state index is -4.32. The molecule has 1 amide bonds. The molecular weight excluding hydrogens is 209 g/mol. The van der Waals surface area contributed by atoms with E-state index in [1.165, 1.54) is 0 Å². The lowest BCUT2D eigenvalue weighted by atomic mass is 10.0. The zero-order valence-corrected chi connectivity index (χ0v) is 8.77. The maximum absolute atomic E-state index is 12.0. The number of halogens is 3. The number of nitrogens with zero attached hydrogens (tertiary/aromatic N) is 1. The van der Waals surface area contributed by atoms with Crippen LogP contribution >= 0.6 is 0 Å². The summed E-state index contributed by atoms with van der Waals surface area (Å²) in [6, 6.07) is -0.452. The average Bonchev–Trinajstić information content (AvgIpc) is 2.32. The normalized spacial score (nSPS) is 22.9. The molecule has 0 aromatic heterocycles. The summed E-state index contributed by atoms with van der Waals surface area (Å²) in [5, 5.41) is 2.79. The Morgan fingerprint density at radius 3 is 2.60 bits per heavy atom. The van der Waals surface area contributed by atoms with Crippen LogP contribution in [0.25, 0.3) is 0 Å². The number of hydrogen-bond acceptors (Lipinski definition) is 2. The van der Waals surface area contributed by atoms with E-state index < -0.39 is 24.7 Å². The van der Waals surface area contributed by atoms with Crippen LogP contribution in [0.4, 0.5) is 13.2 Å². The third-order valence-electron chi connectivity index (χ3n) is 2.22. The van der Waals surface area contributed by atoms with E-state index in [2.05, 4.69) is 5.32 Å². The van der Waals surface area contributed by atoms with E-state index in [0.717, 1.165) is 4.90 Å². The first-order valence-electron chi connectivity index (χ1n) is 4.88. The molecular formula is C9H15F3N2O. The second kappa shape index (κ2) is 4.38. The maximum Gasteiger partial charge on any atom is 0.406 e. The summed E-state index contributed by atoms with van der Waals surface area (Å²) >= 11 is 0. The molecule has 1 heterocycles. The molecule has 0 bridgehead atoms. The Bertz CT molecular complexity index is 240. The smallest absolute Gasteiger partial charge is 0.319 e. The van der Waals surface area contributed by atoms with Crippen LogP contribution in [0.15, 0.2) is 0 Å². The molecule has 1 rings (SSSR count). The van der Waals surface area contributed by atoms with E-state index in [9.17, 15) is 18.0 Å². The predicted molar refractivity (Wildman–Crippen MR) is 49.0 cm³/mol. The predicted octanol–water partition coefficient (Wildman–Crippen LogP) is 1.35. The highest BCUT2D eigenvalue weighted by Gasteiger charge is 2.38. The van der Waals surface area contributed by atoms with Crippen LogP contribution in [-0.2, 0) is 4.79 Å². The fraction of sp³-hybridized carbons (Fsp3) is 0.889. The highest BCUT2D eigenvalue weighted by atomic mass is 19.4. The lowest BCUT2D eigenvalue weighted by molar-refractivity contribution is -0.157. The van der Waals surface area contributed by atoms with Gasteiger partial charge in [-0.3, -0.25) is 10.1 Å². The molecule has 0 spiro atoms. The Morgan fingerprint density at radius 2 is 2.13 bits per heavy atom. The lowest BCUT2D eigenvalue weighted by Gasteiger charge is -2.17. The molecule has 1 atom stereocenters. The van der Waals surface area contributed by atoms with Crippen molar-refractivity contribution in [1.82, 2.24) is 10.2 Å². The molecule has 15 heavy (non-hydrogen) atoms. The van der Waals surface area contributed by atoms with Crippen molar-refractivity contribution >= 4 is 5.91 Å². The number of carbonyl (C=O) groups excluding carboxylic acids is 1. The molecule has 0 aromatic carbocycles. The Hall–Kier alpha value is -0.780. The van der Waals surface area contributed by atoms with Gasteiger partial charge < -0.3 is 4.90 Å². The van der Waals surface area contributed by atoms with Crippen LogP contribution in [0, 0.1) is 5.92 Å². The van der Waals surface area contributed by atoms with Crippen molar-refractivity contribution in [3.05, 3.63) is 0 Å². The molecule has 1 fully saturated rings. The second-order valence-corrected chi connectivity index (χ2v) is 4.20. The van der Waals surface area contributed by atoms with Gasteiger partial charge in [-0.1, -0.05) is 13.8 Å². The highest BCUT2D eigenvalue weighted by molar-refractivity contribution is 5.83. The fourth-order valence-electron chi connectivity index (χ4n) is 1.61. The maximum atomic E-state index is 12.0. The standard InChI is InChI=1S/C9H15F3N2O/c1-6(2)3-7-8(15)14(5-13-7)4-9(10,11)12/h6-7,13H,3-5H2,1-2H3. The lowest BCUT2D eigenvalue weighted by Crippen LogP contribution is -2.37. The fourth-order valence-corrected chi connectivity index (χ4v) is 1.61. The first-order chi connectivity index (χ1) is 6.79. The van der Waals surface area contributed by atoms with Gasteiger partial charge in [0, 0.05) is 0 Å². The summed E-state index contributed by atoms with van der Waals surface area (Å²) in [4.78, 5) is 12.3. The minimum absolute atomic E-state index is 0.00424. The minimum Gasteiger partial charge on any atom is -0.319 e. The molecule has 1 aliphatic rings. The van der Waals surface area contributed by atoms with E-state index in [0.29, 0.717) is 6.42 Å². The van der Waals surface area contributed by atoms with Crippen LogP contribution in [0.2, 0.25) is 0 Å². The summed E-state index contributed by atoms with van der Waals surface area (Å²) in [6.07, 6.45) is -3.74. The van der Waals surface area contributed by atoms with Gasteiger partial charge in [0.15, 0.2) is 0 Å².